The second-order valence-electron chi connectivity index (χ2n) is 11.1. The second-order valence-corrected chi connectivity index (χ2v) is 11.1. The summed E-state index contributed by atoms with van der Waals surface area (Å²) in [6, 6.07) is 2.27. The van der Waals surface area contributed by atoms with Crippen molar-refractivity contribution in [1.82, 2.24) is 4.98 Å². The summed E-state index contributed by atoms with van der Waals surface area (Å²) in [6.45, 7) is 12.8. The fourth-order valence-corrected chi connectivity index (χ4v) is 5.65. The van der Waals surface area contributed by atoms with E-state index in [0.717, 1.165) is 54.5 Å². The first-order chi connectivity index (χ1) is 16.8. The molecule has 1 atom stereocenters. The molecule has 0 aromatic carbocycles. The summed E-state index contributed by atoms with van der Waals surface area (Å²) in [5, 5.41) is 0. The molecule has 0 amide bonds. The molecule has 3 aliphatic carbocycles. The number of nitrogens with zero attached hydrogens (tertiary/aromatic N) is 2. The molecule has 2 fully saturated rings. The van der Waals surface area contributed by atoms with Crippen LogP contribution in [0.25, 0.3) is 11.1 Å². The van der Waals surface area contributed by atoms with E-state index in [1.807, 2.05) is 18.5 Å². The van der Waals surface area contributed by atoms with Gasteiger partial charge in [0.25, 0.3) is 0 Å². The van der Waals surface area contributed by atoms with Crippen molar-refractivity contribution in [1.29, 1.82) is 0 Å². The maximum absolute atomic E-state index is 15.7. The molecular formula is C32H43FN2. The number of aromatic nitrogens is 1. The Hall–Kier alpha value is -2.29. The Morgan fingerprint density at radius 2 is 1.97 bits per heavy atom. The highest BCUT2D eigenvalue weighted by Gasteiger charge is 2.33. The highest BCUT2D eigenvalue weighted by Crippen LogP contribution is 2.40. The highest BCUT2D eigenvalue weighted by atomic mass is 19.1. The van der Waals surface area contributed by atoms with Crippen molar-refractivity contribution >= 4 is 16.9 Å². The summed E-state index contributed by atoms with van der Waals surface area (Å²) in [4.78, 5) is 9.78. The maximum atomic E-state index is 15.7. The average Bonchev–Trinajstić information content (AvgIpc) is 3.68. The van der Waals surface area contributed by atoms with Crippen molar-refractivity contribution < 1.29 is 4.39 Å². The molecule has 4 rings (SSSR count). The van der Waals surface area contributed by atoms with Crippen LogP contribution in [0.5, 0.6) is 0 Å². The Kier molecular flexibility index (Phi) is 8.24. The Bertz CT molecular complexity index is 1060. The number of aliphatic imine (C=N–C) groups is 1. The van der Waals surface area contributed by atoms with E-state index < -0.39 is 5.67 Å². The predicted molar refractivity (Wildman–Crippen MR) is 148 cm³/mol. The fourth-order valence-electron chi connectivity index (χ4n) is 5.65. The molecule has 0 N–H and O–H groups in total. The molecule has 0 unspecified atom stereocenters. The number of pyridine rings is 1. The third-order valence-electron chi connectivity index (χ3n) is 8.36. The molecule has 1 heterocycles. The van der Waals surface area contributed by atoms with Crippen LogP contribution in [0.4, 0.5) is 4.39 Å². The third-order valence-corrected chi connectivity index (χ3v) is 8.36. The van der Waals surface area contributed by atoms with E-state index in [2.05, 4.69) is 46.4 Å². The number of hydrogen-bond acceptors (Lipinski definition) is 2. The van der Waals surface area contributed by atoms with E-state index in [1.165, 1.54) is 41.7 Å². The van der Waals surface area contributed by atoms with Crippen LogP contribution in [0, 0.1) is 18.8 Å². The van der Waals surface area contributed by atoms with E-state index in [0.29, 0.717) is 25.2 Å². The summed E-state index contributed by atoms with van der Waals surface area (Å²) in [5.74, 6) is 0.784. The van der Waals surface area contributed by atoms with Gasteiger partial charge in [-0.15, -0.1) is 0 Å². The molecule has 3 heteroatoms. The molecule has 0 saturated heterocycles. The third kappa shape index (κ3) is 6.29. The fraction of sp³-hybridized carbons (Fsp3) is 0.562. The van der Waals surface area contributed by atoms with Gasteiger partial charge in [-0.3, -0.25) is 9.98 Å². The molecule has 0 spiro atoms. The molecule has 3 aliphatic rings. The molecule has 2 nitrogen and oxygen atoms in total. The van der Waals surface area contributed by atoms with Gasteiger partial charge in [0, 0.05) is 29.3 Å². The summed E-state index contributed by atoms with van der Waals surface area (Å²) >= 11 is 0. The van der Waals surface area contributed by atoms with Crippen LogP contribution in [-0.4, -0.2) is 16.4 Å². The first kappa shape index (κ1) is 25.8. The largest absolute Gasteiger partial charge is 0.265 e. The number of hydrogen-bond donors (Lipinski definition) is 0. The number of halogens is 1. The van der Waals surface area contributed by atoms with Gasteiger partial charge in [0.15, 0.2) is 0 Å². The highest BCUT2D eigenvalue weighted by molar-refractivity contribution is 5.88. The lowest BCUT2D eigenvalue weighted by atomic mass is 9.78. The van der Waals surface area contributed by atoms with Gasteiger partial charge in [0.1, 0.15) is 5.67 Å². The van der Waals surface area contributed by atoms with Crippen LogP contribution in [0.15, 0.2) is 53.3 Å². The van der Waals surface area contributed by atoms with E-state index in [-0.39, 0.29) is 5.92 Å². The smallest absolute Gasteiger partial charge is 0.111 e. The van der Waals surface area contributed by atoms with Crippen molar-refractivity contribution in [2.45, 2.75) is 104 Å². The standard InChI is InChI=1S/C32H43FN2/c1-6-25(19-32(33)15-9-8-10-16-32)18-30(26(7-2)20-34-24(5)27-12-13-27)31-23(4)17-28(21-35-31)29-14-11-22(29)3/h7,17-18,20-21,25,27H,2,6,8-16,19H2,1,3-5H3/b26-20+,30-18-,34-24?/t25-/m1/s1. The maximum Gasteiger partial charge on any atom is 0.111 e. The van der Waals surface area contributed by atoms with Crippen LogP contribution in [0.2, 0.25) is 0 Å². The quantitative estimate of drug-likeness (QED) is 0.245. The van der Waals surface area contributed by atoms with Gasteiger partial charge in [-0.25, -0.2) is 4.39 Å². The van der Waals surface area contributed by atoms with E-state index in [1.54, 1.807) is 0 Å². The Morgan fingerprint density at radius 3 is 2.51 bits per heavy atom. The van der Waals surface area contributed by atoms with Crippen LogP contribution in [0.3, 0.4) is 0 Å². The van der Waals surface area contributed by atoms with E-state index in [4.69, 9.17) is 9.98 Å². The molecule has 2 saturated carbocycles. The van der Waals surface area contributed by atoms with Crippen molar-refractivity contribution in [2.75, 3.05) is 0 Å². The van der Waals surface area contributed by atoms with Gasteiger partial charge in [-0.05, 0) is 107 Å². The van der Waals surface area contributed by atoms with Gasteiger partial charge in [-0.1, -0.05) is 50.5 Å². The minimum atomic E-state index is -1.04. The van der Waals surface area contributed by atoms with Crippen LogP contribution in [-0.2, 0) is 0 Å². The van der Waals surface area contributed by atoms with Gasteiger partial charge in [0.2, 0.25) is 0 Å². The van der Waals surface area contributed by atoms with Crippen LogP contribution in [0.1, 0.15) is 108 Å². The lowest BCUT2D eigenvalue weighted by Gasteiger charge is -2.32. The number of alkyl halides is 1. The van der Waals surface area contributed by atoms with E-state index in [9.17, 15) is 0 Å². The zero-order chi connectivity index (χ0) is 25.0. The summed E-state index contributed by atoms with van der Waals surface area (Å²) in [5.41, 5.74) is 8.42. The summed E-state index contributed by atoms with van der Waals surface area (Å²) in [6.07, 6.45) is 19.0. The minimum Gasteiger partial charge on any atom is -0.265 e. The first-order valence-electron chi connectivity index (χ1n) is 13.8. The monoisotopic (exact) mass is 474 g/mol. The number of aryl methyl sites for hydroxylation is 1. The lowest BCUT2D eigenvalue weighted by Crippen LogP contribution is -2.28. The van der Waals surface area contributed by atoms with E-state index >= 15 is 4.39 Å². The summed E-state index contributed by atoms with van der Waals surface area (Å²) < 4.78 is 15.7. The number of allylic oxidation sites excluding steroid dienone is 6. The average molecular weight is 475 g/mol. The van der Waals surface area contributed by atoms with Gasteiger partial charge in [-0.2, -0.15) is 0 Å². The Labute approximate surface area is 212 Å². The van der Waals surface area contributed by atoms with Crippen molar-refractivity contribution in [2.24, 2.45) is 16.8 Å². The second kappa shape index (κ2) is 11.2. The summed E-state index contributed by atoms with van der Waals surface area (Å²) in [7, 11) is 0. The van der Waals surface area contributed by atoms with Crippen LogP contribution < -0.4 is 0 Å². The molecule has 1 aromatic heterocycles. The van der Waals surface area contributed by atoms with Crippen molar-refractivity contribution in [3.8, 4) is 0 Å². The Balaban J connectivity index is 1.72. The van der Waals surface area contributed by atoms with Crippen molar-refractivity contribution in [3.05, 3.63) is 65.2 Å². The molecule has 0 radical (unpaired) electrons. The Morgan fingerprint density at radius 1 is 1.23 bits per heavy atom. The van der Waals surface area contributed by atoms with Gasteiger partial charge in [0.05, 0.1) is 5.69 Å². The molecule has 35 heavy (non-hydrogen) atoms. The topological polar surface area (TPSA) is 25.2 Å². The molecule has 0 bridgehead atoms. The minimum absolute atomic E-state index is 0.155. The molecule has 188 valence electrons. The van der Waals surface area contributed by atoms with Gasteiger partial charge < -0.3 is 0 Å². The zero-order valence-electron chi connectivity index (χ0n) is 22.3. The predicted octanol–water partition coefficient (Wildman–Crippen LogP) is 9.37. The molecular weight excluding hydrogens is 431 g/mol. The lowest BCUT2D eigenvalue weighted by molar-refractivity contribution is 0.0823. The van der Waals surface area contributed by atoms with Crippen LogP contribution >= 0.6 is 0 Å². The SMILES string of the molecule is C=CC(=C\N=C(C)C1CC1)/C(=C/[C@@H](CC)CC1(F)CCCCC1)c1ncc(C2=C(C)CC2)cc1C. The normalized spacial score (nSPS) is 22.1. The molecule has 1 aromatic rings. The number of rotatable bonds is 10. The molecule has 0 aliphatic heterocycles. The van der Waals surface area contributed by atoms with Gasteiger partial charge >= 0.3 is 0 Å². The zero-order valence-corrected chi connectivity index (χ0v) is 22.3. The first-order valence-corrected chi connectivity index (χ1v) is 13.8. The van der Waals surface area contributed by atoms with Crippen molar-refractivity contribution in [3.63, 3.8) is 0 Å².